The summed E-state index contributed by atoms with van der Waals surface area (Å²) in [5.41, 5.74) is 12.0. The van der Waals surface area contributed by atoms with Crippen LogP contribution in [0.1, 0.15) is 76.3 Å². The number of nitrogens with zero attached hydrogens (tertiary/aromatic N) is 1. The van der Waals surface area contributed by atoms with E-state index >= 15 is 0 Å². The van der Waals surface area contributed by atoms with Crippen molar-refractivity contribution < 1.29 is 10.0 Å². The van der Waals surface area contributed by atoms with Gasteiger partial charge in [-0.15, -0.1) is 0 Å². The fourth-order valence-electron chi connectivity index (χ4n) is 3.76. The van der Waals surface area contributed by atoms with Crippen LogP contribution in [0, 0.1) is 5.92 Å². The van der Waals surface area contributed by atoms with E-state index in [4.69, 9.17) is 10.7 Å². The SMILES string of the molecule is CCCCC(=N/C=C(\C)c1ccc(CC(N)=O)cc1NO)C1CCCCC1. The van der Waals surface area contributed by atoms with Crippen molar-refractivity contribution >= 4 is 22.9 Å². The molecule has 1 aliphatic carbocycles. The number of benzene rings is 1. The van der Waals surface area contributed by atoms with Crippen molar-refractivity contribution in [3.63, 3.8) is 0 Å². The quantitative estimate of drug-likeness (QED) is 0.417. The lowest BCUT2D eigenvalue weighted by Crippen LogP contribution is -2.17. The fraction of sp³-hybridized carbons (Fsp3) is 0.545. The van der Waals surface area contributed by atoms with E-state index in [0.717, 1.165) is 23.1 Å². The summed E-state index contributed by atoms with van der Waals surface area (Å²) in [6, 6.07) is 5.51. The Labute approximate surface area is 162 Å². The van der Waals surface area contributed by atoms with Crippen LogP contribution in [-0.4, -0.2) is 16.8 Å². The molecule has 0 bridgehead atoms. The molecule has 5 nitrogen and oxygen atoms in total. The topological polar surface area (TPSA) is 87.7 Å². The van der Waals surface area contributed by atoms with Gasteiger partial charge in [0.15, 0.2) is 0 Å². The summed E-state index contributed by atoms with van der Waals surface area (Å²) in [5, 5.41) is 9.49. The van der Waals surface area contributed by atoms with Crippen molar-refractivity contribution in [1.29, 1.82) is 0 Å². The normalized spacial score (nSPS) is 16.4. The number of hydrogen-bond acceptors (Lipinski definition) is 4. The molecule has 5 heteroatoms. The largest absolute Gasteiger partial charge is 0.369 e. The van der Waals surface area contributed by atoms with Gasteiger partial charge in [-0.25, -0.2) is 0 Å². The van der Waals surface area contributed by atoms with E-state index in [-0.39, 0.29) is 6.42 Å². The van der Waals surface area contributed by atoms with Gasteiger partial charge in [-0.05, 0) is 55.7 Å². The van der Waals surface area contributed by atoms with Crippen molar-refractivity contribution in [1.82, 2.24) is 0 Å². The molecule has 1 aromatic rings. The number of carbonyl (C=O) groups is 1. The van der Waals surface area contributed by atoms with E-state index in [0.29, 0.717) is 11.6 Å². The first-order chi connectivity index (χ1) is 13.0. The van der Waals surface area contributed by atoms with E-state index in [1.54, 1.807) is 6.07 Å². The summed E-state index contributed by atoms with van der Waals surface area (Å²) in [5.74, 6) is 0.222. The summed E-state index contributed by atoms with van der Waals surface area (Å²) in [6.45, 7) is 4.21. The molecule has 1 amide bonds. The van der Waals surface area contributed by atoms with E-state index < -0.39 is 5.91 Å². The van der Waals surface area contributed by atoms with Crippen molar-refractivity contribution in [2.45, 2.75) is 71.6 Å². The molecule has 0 atom stereocenters. The van der Waals surface area contributed by atoms with Crippen LogP contribution in [0.5, 0.6) is 0 Å². The predicted octanol–water partition coefficient (Wildman–Crippen LogP) is 5.09. The Hall–Kier alpha value is -2.14. The van der Waals surface area contributed by atoms with Crippen LogP contribution in [0.25, 0.3) is 5.57 Å². The maximum atomic E-state index is 11.1. The van der Waals surface area contributed by atoms with Gasteiger partial charge < -0.3 is 5.73 Å². The Morgan fingerprint density at radius 3 is 2.70 bits per heavy atom. The van der Waals surface area contributed by atoms with Gasteiger partial charge >= 0.3 is 0 Å². The molecule has 1 fully saturated rings. The zero-order chi connectivity index (χ0) is 19.6. The second kappa shape index (κ2) is 10.9. The number of aliphatic imine (C=N–C) groups is 1. The number of nitrogens with one attached hydrogen (secondary N) is 1. The first kappa shape index (κ1) is 21.2. The van der Waals surface area contributed by atoms with Crippen LogP contribution in [0.2, 0.25) is 0 Å². The van der Waals surface area contributed by atoms with Crippen LogP contribution >= 0.6 is 0 Å². The second-order valence-corrected chi connectivity index (χ2v) is 7.51. The molecule has 4 N–H and O–H groups in total. The zero-order valence-corrected chi connectivity index (χ0v) is 16.6. The highest BCUT2D eigenvalue weighted by Crippen LogP contribution is 2.28. The van der Waals surface area contributed by atoms with E-state index in [2.05, 4.69) is 12.4 Å². The second-order valence-electron chi connectivity index (χ2n) is 7.51. The summed E-state index contributed by atoms with van der Waals surface area (Å²) < 4.78 is 0. The molecule has 0 aromatic heterocycles. The van der Waals surface area contributed by atoms with Crippen molar-refractivity contribution in [3.05, 3.63) is 35.5 Å². The molecule has 2 rings (SSSR count). The number of primary amides is 1. The number of carbonyl (C=O) groups excluding carboxylic acids is 1. The Bertz CT molecular complexity index is 689. The minimum atomic E-state index is -0.392. The van der Waals surface area contributed by atoms with Crippen LogP contribution in [-0.2, 0) is 11.2 Å². The van der Waals surface area contributed by atoms with Gasteiger partial charge in [-0.3, -0.25) is 20.5 Å². The van der Waals surface area contributed by atoms with Crippen molar-refractivity contribution in [2.75, 3.05) is 5.48 Å². The molecular weight excluding hydrogens is 338 g/mol. The average molecular weight is 372 g/mol. The predicted molar refractivity (Wildman–Crippen MR) is 112 cm³/mol. The summed E-state index contributed by atoms with van der Waals surface area (Å²) in [4.78, 5) is 16.0. The molecular formula is C22H33N3O2. The first-order valence-electron chi connectivity index (χ1n) is 10.1. The van der Waals surface area contributed by atoms with Crippen molar-refractivity contribution in [2.24, 2.45) is 16.6 Å². The van der Waals surface area contributed by atoms with Gasteiger partial charge in [-0.1, -0.05) is 44.7 Å². The van der Waals surface area contributed by atoms with E-state index in [1.165, 1.54) is 50.7 Å². The third-order valence-electron chi connectivity index (χ3n) is 5.29. The Morgan fingerprint density at radius 1 is 1.33 bits per heavy atom. The monoisotopic (exact) mass is 371 g/mol. The number of amides is 1. The molecule has 1 aliphatic rings. The molecule has 0 heterocycles. The van der Waals surface area contributed by atoms with Crippen LogP contribution in [0.15, 0.2) is 29.4 Å². The summed E-state index contributed by atoms with van der Waals surface area (Å²) >= 11 is 0. The first-order valence-corrected chi connectivity index (χ1v) is 10.1. The van der Waals surface area contributed by atoms with Gasteiger partial charge in [0, 0.05) is 17.5 Å². The molecule has 0 unspecified atom stereocenters. The minimum absolute atomic E-state index is 0.152. The maximum absolute atomic E-state index is 11.1. The molecule has 1 saturated carbocycles. The number of nitrogens with two attached hydrogens (primary N) is 1. The number of rotatable bonds is 9. The van der Waals surface area contributed by atoms with Crippen LogP contribution < -0.4 is 11.2 Å². The lowest BCUT2D eigenvalue weighted by Gasteiger charge is -2.23. The van der Waals surface area contributed by atoms with Gasteiger partial charge in [0.05, 0.1) is 12.1 Å². The molecule has 0 aliphatic heterocycles. The number of unbranched alkanes of at least 4 members (excludes halogenated alkanes) is 1. The van der Waals surface area contributed by atoms with Crippen LogP contribution in [0.3, 0.4) is 0 Å². The molecule has 148 valence electrons. The molecule has 1 aromatic carbocycles. The average Bonchev–Trinajstić information content (AvgIpc) is 2.68. The standard InChI is InChI=1S/C22H33N3O2/c1-3-4-10-20(18-8-6-5-7-9-18)24-15-16(2)19-12-11-17(14-22(23)26)13-21(19)25-27/h11-13,15,18,25,27H,3-10,14H2,1-2H3,(H2,23,26)/b16-15+,24-20?. The molecule has 0 spiro atoms. The molecule has 0 saturated heterocycles. The van der Waals surface area contributed by atoms with Gasteiger partial charge in [0.2, 0.25) is 5.91 Å². The minimum Gasteiger partial charge on any atom is -0.369 e. The van der Waals surface area contributed by atoms with Gasteiger partial charge in [0.1, 0.15) is 0 Å². The highest BCUT2D eigenvalue weighted by atomic mass is 16.5. The number of hydrogen-bond donors (Lipinski definition) is 3. The third-order valence-corrected chi connectivity index (χ3v) is 5.29. The number of allylic oxidation sites excluding steroid dienone is 1. The van der Waals surface area contributed by atoms with Crippen LogP contribution in [0.4, 0.5) is 5.69 Å². The molecule has 0 radical (unpaired) electrons. The lowest BCUT2D eigenvalue weighted by atomic mass is 9.84. The summed E-state index contributed by atoms with van der Waals surface area (Å²) in [6.07, 6.45) is 11.9. The zero-order valence-electron chi connectivity index (χ0n) is 16.6. The number of anilines is 1. The van der Waals surface area contributed by atoms with Gasteiger partial charge in [0.25, 0.3) is 0 Å². The lowest BCUT2D eigenvalue weighted by molar-refractivity contribution is -0.117. The highest BCUT2D eigenvalue weighted by Gasteiger charge is 2.18. The Kier molecular flexibility index (Phi) is 8.52. The molecule has 27 heavy (non-hydrogen) atoms. The van der Waals surface area contributed by atoms with Gasteiger partial charge in [-0.2, -0.15) is 0 Å². The Morgan fingerprint density at radius 2 is 2.07 bits per heavy atom. The smallest absolute Gasteiger partial charge is 0.221 e. The highest BCUT2D eigenvalue weighted by molar-refractivity contribution is 5.88. The van der Waals surface area contributed by atoms with E-state index in [9.17, 15) is 10.0 Å². The summed E-state index contributed by atoms with van der Waals surface area (Å²) in [7, 11) is 0. The van der Waals surface area contributed by atoms with Crippen molar-refractivity contribution in [3.8, 4) is 0 Å². The third kappa shape index (κ3) is 6.51. The fourth-order valence-corrected chi connectivity index (χ4v) is 3.76. The van der Waals surface area contributed by atoms with E-state index in [1.807, 2.05) is 25.3 Å². The maximum Gasteiger partial charge on any atom is 0.221 e. The Balaban J connectivity index is 2.24.